The van der Waals surface area contributed by atoms with E-state index in [9.17, 15) is 9.59 Å². The lowest BCUT2D eigenvalue weighted by atomic mass is 10.1. The first-order valence-corrected chi connectivity index (χ1v) is 9.12. The quantitative estimate of drug-likeness (QED) is 0.557. The van der Waals surface area contributed by atoms with Crippen molar-refractivity contribution >= 4 is 11.8 Å². The summed E-state index contributed by atoms with van der Waals surface area (Å²) < 4.78 is 0. The third-order valence-electron chi connectivity index (χ3n) is 4.68. The average Bonchev–Trinajstić information content (AvgIpc) is 2.91. The maximum absolute atomic E-state index is 12.4. The Morgan fingerprint density at radius 1 is 0.808 bits per heavy atom. The zero-order valence-electron chi connectivity index (χ0n) is 14.9. The Morgan fingerprint density at radius 3 is 2.04 bits per heavy atom. The van der Waals surface area contributed by atoms with Gasteiger partial charge in [-0.3, -0.25) is 19.4 Å². The van der Waals surface area contributed by atoms with E-state index < -0.39 is 0 Å². The van der Waals surface area contributed by atoms with Gasteiger partial charge in [0.05, 0.1) is 11.1 Å². The second-order valence-corrected chi connectivity index (χ2v) is 6.57. The number of rotatable bonds is 9. The van der Waals surface area contributed by atoms with Crippen LogP contribution < -0.4 is 5.73 Å². The second-order valence-electron chi connectivity index (χ2n) is 6.57. The van der Waals surface area contributed by atoms with Gasteiger partial charge in [0.1, 0.15) is 0 Å². The van der Waals surface area contributed by atoms with Crippen molar-refractivity contribution in [3.05, 3.63) is 71.3 Å². The molecule has 5 heteroatoms. The number of benzene rings is 2. The maximum atomic E-state index is 12.4. The van der Waals surface area contributed by atoms with Crippen LogP contribution in [0.25, 0.3) is 0 Å². The van der Waals surface area contributed by atoms with Crippen molar-refractivity contribution in [2.75, 3.05) is 26.2 Å². The molecule has 0 bridgehead atoms. The van der Waals surface area contributed by atoms with E-state index in [4.69, 9.17) is 5.73 Å². The van der Waals surface area contributed by atoms with E-state index in [0.29, 0.717) is 24.2 Å². The number of carbonyl (C=O) groups is 2. The van der Waals surface area contributed by atoms with Gasteiger partial charge in [0, 0.05) is 26.2 Å². The third kappa shape index (κ3) is 4.18. The summed E-state index contributed by atoms with van der Waals surface area (Å²) in [4.78, 5) is 28.4. The highest BCUT2D eigenvalue weighted by molar-refractivity contribution is 6.21. The van der Waals surface area contributed by atoms with Crippen LogP contribution in [0, 0.1) is 0 Å². The van der Waals surface area contributed by atoms with Crippen LogP contribution in [0.4, 0.5) is 0 Å². The molecule has 0 atom stereocenters. The third-order valence-corrected chi connectivity index (χ3v) is 4.68. The van der Waals surface area contributed by atoms with Crippen molar-refractivity contribution in [2.24, 2.45) is 5.73 Å². The second kappa shape index (κ2) is 8.74. The van der Waals surface area contributed by atoms with Crippen molar-refractivity contribution in [3.8, 4) is 0 Å². The molecule has 0 aromatic heterocycles. The number of fused-ring (bicyclic) bond motifs is 1. The molecule has 136 valence electrons. The maximum Gasteiger partial charge on any atom is 0.261 e. The molecular formula is C21H25N3O2. The van der Waals surface area contributed by atoms with Gasteiger partial charge in [0.15, 0.2) is 0 Å². The Balaban J connectivity index is 1.48. The van der Waals surface area contributed by atoms with Crippen LogP contribution in [0.3, 0.4) is 0 Å². The van der Waals surface area contributed by atoms with E-state index in [1.54, 1.807) is 24.3 Å². The number of unbranched alkanes of at least 4 members (excludes halogenated alkanes) is 1. The number of amides is 2. The number of nitrogens with two attached hydrogens (primary N) is 1. The van der Waals surface area contributed by atoms with Crippen molar-refractivity contribution in [2.45, 2.75) is 19.4 Å². The highest BCUT2D eigenvalue weighted by atomic mass is 16.2. The summed E-state index contributed by atoms with van der Waals surface area (Å²) in [5, 5.41) is 0. The molecule has 2 aromatic carbocycles. The molecule has 1 heterocycles. The Hall–Kier alpha value is -2.50. The molecule has 3 rings (SSSR count). The van der Waals surface area contributed by atoms with Gasteiger partial charge in [0.25, 0.3) is 11.8 Å². The molecule has 0 saturated heterocycles. The van der Waals surface area contributed by atoms with E-state index in [2.05, 4.69) is 17.0 Å². The summed E-state index contributed by atoms with van der Waals surface area (Å²) in [6, 6.07) is 17.3. The smallest absolute Gasteiger partial charge is 0.261 e. The molecule has 2 aromatic rings. The molecule has 26 heavy (non-hydrogen) atoms. The van der Waals surface area contributed by atoms with Crippen LogP contribution >= 0.6 is 0 Å². The zero-order chi connectivity index (χ0) is 18.4. The fourth-order valence-electron chi connectivity index (χ4n) is 3.34. The monoisotopic (exact) mass is 351 g/mol. The van der Waals surface area contributed by atoms with E-state index in [1.165, 1.54) is 10.5 Å². The number of carbonyl (C=O) groups excluding carboxylic acids is 2. The van der Waals surface area contributed by atoms with Crippen molar-refractivity contribution in [3.63, 3.8) is 0 Å². The fourth-order valence-corrected chi connectivity index (χ4v) is 3.34. The van der Waals surface area contributed by atoms with Gasteiger partial charge < -0.3 is 5.73 Å². The van der Waals surface area contributed by atoms with Crippen LogP contribution in [0.5, 0.6) is 0 Å². The largest absolute Gasteiger partial charge is 0.329 e. The molecule has 0 fully saturated rings. The van der Waals surface area contributed by atoms with Gasteiger partial charge >= 0.3 is 0 Å². The molecule has 0 saturated carbocycles. The van der Waals surface area contributed by atoms with Crippen LogP contribution in [0.2, 0.25) is 0 Å². The summed E-state index contributed by atoms with van der Waals surface area (Å²) in [6.45, 7) is 3.68. The molecule has 0 radical (unpaired) electrons. The van der Waals surface area contributed by atoms with Crippen LogP contribution in [0.1, 0.15) is 39.1 Å². The molecule has 1 aliphatic heterocycles. The van der Waals surface area contributed by atoms with Crippen LogP contribution in [0.15, 0.2) is 54.6 Å². The first-order valence-electron chi connectivity index (χ1n) is 9.12. The zero-order valence-corrected chi connectivity index (χ0v) is 14.9. The SMILES string of the molecule is NCCN(CCCCN1C(=O)c2ccccc2C1=O)Cc1ccccc1. The van der Waals surface area contributed by atoms with Crippen molar-refractivity contribution in [1.82, 2.24) is 9.80 Å². The lowest BCUT2D eigenvalue weighted by Crippen LogP contribution is -2.32. The lowest BCUT2D eigenvalue weighted by Gasteiger charge is -2.22. The van der Waals surface area contributed by atoms with Gasteiger partial charge in [-0.05, 0) is 37.1 Å². The van der Waals surface area contributed by atoms with Crippen LogP contribution in [-0.4, -0.2) is 47.8 Å². The number of hydrogen-bond donors (Lipinski definition) is 1. The predicted molar refractivity (Wildman–Crippen MR) is 102 cm³/mol. The molecule has 0 unspecified atom stereocenters. The molecule has 5 nitrogen and oxygen atoms in total. The van der Waals surface area contributed by atoms with Gasteiger partial charge in [-0.25, -0.2) is 0 Å². The van der Waals surface area contributed by atoms with E-state index >= 15 is 0 Å². The Kier molecular flexibility index (Phi) is 6.15. The summed E-state index contributed by atoms with van der Waals surface area (Å²) in [5.74, 6) is -0.345. The predicted octanol–water partition coefficient (Wildman–Crippen LogP) is 2.52. The summed E-state index contributed by atoms with van der Waals surface area (Å²) in [6.07, 6.45) is 1.71. The first kappa shape index (κ1) is 18.3. The Morgan fingerprint density at radius 2 is 1.42 bits per heavy atom. The van der Waals surface area contributed by atoms with Crippen molar-refractivity contribution in [1.29, 1.82) is 0 Å². The lowest BCUT2D eigenvalue weighted by molar-refractivity contribution is 0.0650. The standard InChI is InChI=1S/C21H25N3O2/c22-12-15-23(16-17-8-2-1-3-9-17)13-6-7-14-24-20(25)18-10-4-5-11-19(18)21(24)26/h1-5,8-11H,6-7,12-16,22H2. The van der Waals surface area contributed by atoms with E-state index in [0.717, 1.165) is 32.5 Å². The summed E-state index contributed by atoms with van der Waals surface area (Å²) in [7, 11) is 0. The minimum atomic E-state index is -0.173. The van der Waals surface area contributed by atoms with Gasteiger partial charge in [0.2, 0.25) is 0 Å². The molecule has 1 aliphatic rings. The normalized spacial score (nSPS) is 13.5. The van der Waals surface area contributed by atoms with Gasteiger partial charge in [-0.2, -0.15) is 0 Å². The van der Waals surface area contributed by atoms with E-state index in [-0.39, 0.29) is 11.8 Å². The molecule has 2 N–H and O–H groups in total. The minimum absolute atomic E-state index is 0.173. The first-order chi connectivity index (χ1) is 12.7. The molecule has 0 spiro atoms. The highest BCUT2D eigenvalue weighted by Gasteiger charge is 2.34. The molecule has 0 aliphatic carbocycles. The number of hydrogen-bond acceptors (Lipinski definition) is 4. The molecular weight excluding hydrogens is 326 g/mol. The Bertz CT molecular complexity index is 726. The average molecular weight is 351 g/mol. The topological polar surface area (TPSA) is 66.6 Å². The van der Waals surface area contributed by atoms with E-state index in [1.807, 2.05) is 18.2 Å². The molecule has 2 amide bonds. The van der Waals surface area contributed by atoms with Gasteiger partial charge in [-0.1, -0.05) is 42.5 Å². The fraction of sp³-hybridized carbons (Fsp3) is 0.333. The number of nitrogens with zero attached hydrogens (tertiary/aromatic N) is 2. The highest BCUT2D eigenvalue weighted by Crippen LogP contribution is 2.22. The van der Waals surface area contributed by atoms with Gasteiger partial charge in [-0.15, -0.1) is 0 Å². The van der Waals surface area contributed by atoms with Crippen molar-refractivity contribution < 1.29 is 9.59 Å². The summed E-state index contributed by atoms with van der Waals surface area (Å²) in [5.41, 5.74) is 8.04. The summed E-state index contributed by atoms with van der Waals surface area (Å²) >= 11 is 0. The minimum Gasteiger partial charge on any atom is -0.329 e. The Labute approximate surface area is 154 Å². The number of imide groups is 1. The van der Waals surface area contributed by atoms with Crippen LogP contribution in [-0.2, 0) is 6.54 Å².